The van der Waals surface area contributed by atoms with Crippen LogP contribution in [0.5, 0.6) is 0 Å². The summed E-state index contributed by atoms with van der Waals surface area (Å²) in [6.07, 6.45) is 5.50. The molecular formula is C27H25N3O3S. The van der Waals surface area contributed by atoms with Crippen LogP contribution in [-0.4, -0.2) is 25.6 Å². The molecule has 172 valence electrons. The first-order chi connectivity index (χ1) is 16.4. The van der Waals surface area contributed by atoms with Crippen LogP contribution in [0.15, 0.2) is 103 Å². The molecule has 0 aliphatic carbocycles. The van der Waals surface area contributed by atoms with E-state index in [0.717, 1.165) is 17.5 Å². The number of benzene rings is 3. The van der Waals surface area contributed by atoms with Gasteiger partial charge in [-0.15, -0.1) is 0 Å². The van der Waals surface area contributed by atoms with Crippen LogP contribution in [0.1, 0.15) is 27.0 Å². The van der Waals surface area contributed by atoms with Crippen molar-refractivity contribution in [3.8, 4) is 0 Å². The number of hydrogen-bond acceptors (Lipinski definition) is 4. The van der Waals surface area contributed by atoms with E-state index in [1.807, 2.05) is 66.7 Å². The van der Waals surface area contributed by atoms with E-state index < -0.39 is 10.0 Å². The third kappa shape index (κ3) is 6.08. The second-order valence-electron chi connectivity index (χ2n) is 7.99. The number of anilines is 2. The van der Waals surface area contributed by atoms with Gasteiger partial charge in [0.05, 0.1) is 18.5 Å². The second kappa shape index (κ2) is 10.3. The molecule has 1 heterocycles. The van der Waals surface area contributed by atoms with Crippen molar-refractivity contribution in [2.24, 2.45) is 0 Å². The lowest BCUT2D eigenvalue weighted by atomic mass is 10.1. The molecule has 6 nitrogen and oxygen atoms in total. The second-order valence-corrected chi connectivity index (χ2v) is 9.89. The van der Waals surface area contributed by atoms with E-state index in [4.69, 9.17) is 0 Å². The first kappa shape index (κ1) is 23.2. The minimum Gasteiger partial charge on any atom is -0.322 e. The highest BCUT2D eigenvalue weighted by Crippen LogP contribution is 2.22. The fourth-order valence-electron chi connectivity index (χ4n) is 3.57. The summed E-state index contributed by atoms with van der Waals surface area (Å²) in [6.45, 7) is 0.219. The quantitative estimate of drug-likeness (QED) is 0.397. The van der Waals surface area contributed by atoms with Gasteiger partial charge in [-0.1, -0.05) is 42.5 Å². The number of pyridine rings is 1. The van der Waals surface area contributed by atoms with E-state index in [9.17, 15) is 13.2 Å². The number of sulfonamides is 1. The maximum absolute atomic E-state index is 12.7. The Morgan fingerprint density at radius 3 is 2.03 bits per heavy atom. The Kier molecular flexibility index (Phi) is 7.04. The van der Waals surface area contributed by atoms with Crippen molar-refractivity contribution in [3.63, 3.8) is 0 Å². The van der Waals surface area contributed by atoms with Gasteiger partial charge in [0, 0.05) is 23.6 Å². The molecular weight excluding hydrogens is 446 g/mol. The molecule has 0 unspecified atom stereocenters. The Balaban J connectivity index is 1.43. The zero-order valence-corrected chi connectivity index (χ0v) is 19.6. The van der Waals surface area contributed by atoms with Gasteiger partial charge in [0.15, 0.2) is 0 Å². The number of hydrogen-bond donors (Lipinski definition) is 1. The van der Waals surface area contributed by atoms with Gasteiger partial charge >= 0.3 is 0 Å². The summed E-state index contributed by atoms with van der Waals surface area (Å²) in [5.74, 6) is -0.262. The molecule has 0 fully saturated rings. The van der Waals surface area contributed by atoms with Crippen LogP contribution in [0, 0.1) is 0 Å². The van der Waals surface area contributed by atoms with Gasteiger partial charge in [-0.25, -0.2) is 8.42 Å². The van der Waals surface area contributed by atoms with Crippen LogP contribution in [-0.2, 0) is 23.0 Å². The molecule has 1 amide bonds. The van der Waals surface area contributed by atoms with E-state index in [-0.39, 0.29) is 12.5 Å². The third-order valence-electron chi connectivity index (χ3n) is 5.36. The largest absolute Gasteiger partial charge is 0.322 e. The average Bonchev–Trinajstić information content (AvgIpc) is 2.84. The van der Waals surface area contributed by atoms with E-state index >= 15 is 0 Å². The smallest absolute Gasteiger partial charge is 0.255 e. The minimum atomic E-state index is -3.50. The molecule has 4 aromatic rings. The third-order valence-corrected chi connectivity index (χ3v) is 6.50. The van der Waals surface area contributed by atoms with E-state index in [2.05, 4.69) is 10.3 Å². The topological polar surface area (TPSA) is 79.4 Å². The minimum absolute atomic E-state index is 0.219. The number of carbonyl (C=O) groups is 1. The molecule has 0 saturated heterocycles. The number of amides is 1. The van der Waals surface area contributed by atoms with Crippen molar-refractivity contribution in [2.45, 2.75) is 13.0 Å². The van der Waals surface area contributed by atoms with Gasteiger partial charge in [0.1, 0.15) is 0 Å². The summed E-state index contributed by atoms with van der Waals surface area (Å²) in [6, 6.07) is 27.6. The first-order valence-electron chi connectivity index (χ1n) is 10.8. The van der Waals surface area contributed by atoms with Gasteiger partial charge in [0.25, 0.3) is 5.91 Å². The van der Waals surface area contributed by atoms with Crippen molar-refractivity contribution in [2.75, 3.05) is 15.9 Å². The van der Waals surface area contributed by atoms with E-state index in [1.54, 1.807) is 36.7 Å². The van der Waals surface area contributed by atoms with E-state index in [0.29, 0.717) is 16.9 Å². The van der Waals surface area contributed by atoms with Crippen molar-refractivity contribution < 1.29 is 13.2 Å². The van der Waals surface area contributed by atoms with Crippen LogP contribution in [0.3, 0.4) is 0 Å². The maximum Gasteiger partial charge on any atom is 0.255 e. The highest BCUT2D eigenvalue weighted by atomic mass is 32.2. The summed E-state index contributed by atoms with van der Waals surface area (Å²) in [5, 5.41) is 2.89. The molecule has 1 N–H and O–H groups in total. The Morgan fingerprint density at radius 2 is 1.41 bits per heavy atom. The molecule has 1 aromatic heterocycles. The normalized spacial score (nSPS) is 11.1. The van der Waals surface area contributed by atoms with Gasteiger partial charge < -0.3 is 5.32 Å². The SMILES string of the molecule is CS(=O)(=O)N(Cc1ccccc1)c1ccc(C(=O)Nc2ccc(Cc3ccncc3)cc2)cc1. The molecule has 3 aromatic carbocycles. The molecule has 0 bridgehead atoms. The van der Waals surface area contributed by atoms with Crippen molar-refractivity contribution in [1.29, 1.82) is 0 Å². The van der Waals surface area contributed by atoms with Crippen LogP contribution in [0.25, 0.3) is 0 Å². The summed E-state index contributed by atoms with van der Waals surface area (Å²) in [7, 11) is -3.50. The molecule has 0 aliphatic heterocycles. The highest BCUT2D eigenvalue weighted by Gasteiger charge is 2.18. The molecule has 0 radical (unpaired) electrons. The molecule has 0 spiro atoms. The lowest BCUT2D eigenvalue weighted by Crippen LogP contribution is -2.29. The number of nitrogens with one attached hydrogen (secondary N) is 1. The summed E-state index contributed by atoms with van der Waals surface area (Å²) >= 11 is 0. The maximum atomic E-state index is 12.7. The first-order valence-corrected chi connectivity index (χ1v) is 12.6. The Morgan fingerprint density at radius 1 is 0.794 bits per heavy atom. The molecule has 0 atom stereocenters. The fraction of sp³-hybridized carbons (Fsp3) is 0.111. The molecule has 4 rings (SSSR count). The Bertz CT molecular complexity index is 1340. The zero-order valence-electron chi connectivity index (χ0n) is 18.8. The van der Waals surface area contributed by atoms with Gasteiger partial charge in [-0.2, -0.15) is 0 Å². The van der Waals surface area contributed by atoms with Crippen LogP contribution < -0.4 is 9.62 Å². The molecule has 34 heavy (non-hydrogen) atoms. The van der Waals surface area contributed by atoms with Gasteiger partial charge in [-0.3, -0.25) is 14.1 Å². The summed E-state index contributed by atoms with van der Waals surface area (Å²) < 4.78 is 26.1. The zero-order chi connectivity index (χ0) is 24.0. The molecule has 0 aliphatic rings. The predicted octanol–water partition coefficient (Wildman–Crippen LogP) is 4.89. The van der Waals surface area contributed by atoms with Crippen LogP contribution in [0.2, 0.25) is 0 Å². The fourth-order valence-corrected chi connectivity index (χ4v) is 4.46. The standard InChI is InChI=1S/C27H25N3O3S/c1-34(32,33)30(20-23-5-3-2-4-6-23)26-13-9-24(10-14-26)27(31)29-25-11-7-21(8-12-25)19-22-15-17-28-18-16-22/h2-18H,19-20H2,1H3,(H,29,31). The average molecular weight is 472 g/mol. The van der Waals surface area contributed by atoms with Crippen molar-refractivity contribution in [1.82, 2.24) is 4.98 Å². The van der Waals surface area contributed by atoms with Gasteiger partial charge in [-0.05, 0) is 71.6 Å². The number of nitrogens with zero attached hydrogens (tertiary/aromatic N) is 2. The number of aromatic nitrogens is 1. The Labute approximate surface area is 200 Å². The number of carbonyl (C=O) groups excluding carboxylic acids is 1. The van der Waals surface area contributed by atoms with Crippen molar-refractivity contribution in [3.05, 3.63) is 126 Å². The van der Waals surface area contributed by atoms with Crippen LogP contribution in [0.4, 0.5) is 11.4 Å². The summed E-state index contributed by atoms with van der Waals surface area (Å²) in [4.78, 5) is 16.7. The lowest BCUT2D eigenvalue weighted by molar-refractivity contribution is 0.102. The van der Waals surface area contributed by atoms with Gasteiger partial charge in [0.2, 0.25) is 10.0 Å². The van der Waals surface area contributed by atoms with E-state index in [1.165, 1.54) is 16.1 Å². The molecule has 7 heteroatoms. The molecule has 0 saturated carbocycles. The van der Waals surface area contributed by atoms with Crippen LogP contribution >= 0.6 is 0 Å². The summed E-state index contributed by atoms with van der Waals surface area (Å²) in [5.41, 5.74) is 4.81. The number of rotatable bonds is 8. The monoisotopic (exact) mass is 471 g/mol. The predicted molar refractivity (Wildman–Crippen MR) is 135 cm³/mol. The van der Waals surface area contributed by atoms with Crippen molar-refractivity contribution >= 4 is 27.3 Å². The highest BCUT2D eigenvalue weighted by molar-refractivity contribution is 7.92. The Hall–Kier alpha value is -3.97. The lowest BCUT2D eigenvalue weighted by Gasteiger charge is -2.22.